The molecule has 0 radical (unpaired) electrons. The molecule has 0 heterocycles. The summed E-state index contributed by atoms with van der Waals surface area (Å²) in [5.41, 5.74) is 1.28. The van der Waals surface area contributed by atoms with Crippen LogP contribution in [0.15, 0.2) is 24.3 Å². The van der Waals surface area contributed by atoms with Crippen molar-refractivity contribution in [2.45, 2.75) is 20.1 Å². The number of hydrogen-bond acceptors (Lipinski definition) is 1. The molecule has 64 valence electrons. The molecular formula is C10H15BO. The summed E-state index contributed by atoms with van der Waals surface area (Å²) in [6, 6.07) is 8.18. The van der Waals surface area contributed by atoms with E-state index in [9.17, 15) is 0 Å². The van der Waals surface area contributed by atoms with Gasteiger partial charge in [0, 0.05) is 0 Å². The highest BCUT2D eigenvalue weighted by Gasteiger charge is 1.91. The van der Waals surface area contributed by atoms with Gasteiger partial charge in [-0.15, -0.1) is 0 Å². The van der Waals surface area contributed by atoms with E-state index < -0.39 is 0 Å². The van der Waals surface area contributed by atoms with E-state index in [1.54, 1.807) is 0 Å². The van der Waals surface area contributed by atoms with E-state index in [2.05, 4.69) is 25.9 Å². The summed E-state index contributed by atoms with van der Waals surface area (Å²) in [5.74, 6) is 0.981. The summed E-state index contributed by atoms with van der Waals surface area (Å²) in [7, 11) is 1.19. The molecule has 0 amide bonds. The highest BCUT2D eigenvalue weighted by atomic mass is 16.5. The van der Waals surface area contributed by atoms with Crippen LogP contribution in [0.1, 0.15) is 5.56 Å². The molecule has 1 aromatic rings. The fraction of sp³-hybridized carbons (Fsp3) is 0.400. The Morgan fingerprint density at radius 3 is 2.50 bits per heavy atom. The summed E-state index contributed by atoms with van der Waals surface area (Å²) >= 11 is 0. The number of hydrogen-bond donors (Lipinski definition) is 0. The molecule has 0 aliphatic heterocycles. The van der Waals surface area contributed by atoms with Crippen LogP contribution < -0.4 is 4.74 Å². The molecule has 0 aliphatic rings. The van der Waals surface area contributed by atoms with Crippen LogP contribution in [0.4, 0.5) is 0 Å². The van der Waals surface area contributed by atoms with Gasteiger partial charge in [0.1, 0.15) is 13.0 Å². The zero-order chi connectivity index (χ0) is 8.81. The van der Waals surface area contributed by atoms with Gasteiger partial charge in [-0.1, -0.05) is 24.5 Å². The monoisotopic (exact) mass is 162 g/mol. The third kappa shape index (κ3) is 2.99. The third-order valence-electron chi connectivity index (χ3n) is 1.79. The van der Waals surface area contributed by atoms with Gasteiger partial charge in [0.15, 0.2) is 0 Å². The summed E-state index contributed by atoms with van der Waals surface area (Å²) in [6.45, 7) is 5.08. The first kappa shape index (κ1) is 9.18. The van der Waals surface area contributed by atoms with E-state index in [0.717, 1.165) is 18.7 Å². The van der Waals surface area contributed by atoms with E-state index >= 15 is 0 Å². The first-order valence-corrected chi connectivity index (χ1v) is 4.52. The Balaban J connectivity index is 2.37. The highest BCUT2D eigenvalue weighted by molar-refractivity contribution is 6.33. The van der Waals surface area contributed by atoms with Crippen molar-refractivity contribution in [2.75, 3.05) is 6.61 Å². The molecule has 12 heavy (non-hydrogen) atoms. The van der Waals surface area contributed by atoms with Crippen LogP contribution in [0.5, 0.6) is 5.75 Å². The molecule has 0 fully saturated rings. The van der Waals surface area contributed by atoms with Crippen LogP contribution >= 0.6 is 0 Å². The number of aryl methyl sites for hydroxylation is 1. The van der Waals surface area contributed by atoms with E-state index in [-0.39, 0.29) is 0 Å². The number of ether oxygens (including phenoxy) is 1. The van der Waals surface area contributed by atoms with Gasteiger partial charge in [-0.25, -0.2) is 0 Å². The SMILES string of the molecule is CBCCOc1ccc(C)cc1. The van der Waals surface area contributed by atoms with Crippen molar-refractivity contribution in [2.24, 2.45) is 0 Å². The molecule has 0 spiro atoms. The van der Waals surface area contributed by atoms with Crippen molar-refractivity contribution >= 4 is 7.28 Å². The smallest absolute Gasteiger partial charge is 0.121 e. The van der Waals surface area contributed by atoms with Crippen molar-refractivity contribution < 1.29 is 4.74 Å². The van der Waals surface area contributed by atoms with Crippen molar-refractivity contribution in [1.29, 1.82) is 0 Å². The molecule has 0 aliphatic carbocycles. The molecule has 1 nitrogen and oxygen atoms in total. The minimum atomic E-state index is 0.833. The predicted octanol–water partition coefficient (Wildman–Crippen LogP) is 2.28. The van der Waals surface area contributed by atoms with E-state index in [4.69, 9.17) is 4.74 Å². The fourth-order valence-electron chi connectivity index (χ4n) is 0.969. The topological polar surface area (TPSA) is 9.23 Å². The number of benzene rings is 1. The molecule has 0 aromatic heterocycles. The van der Waals surface area contributed by atoms with Gasteiger partial charge in [-0.2, -0.15) is 0 Å². The summed E-state index contributed by atoms with van der Waals surface area (Å²) in [6.07, 6.45) is 1.13. The third-order valence-corrected chi connectivity index (χ3v) is 1.79. The van der Waals surface area contributed by atoms with Gasteiger partial charge in [-0.05, 0) is 25.4 Å². The van der Waals surface area contributed by atoms with Gasteiger partial charge in [0.25, 0.3) is 0 Å². The highest BCUT2D eigenvalue weighted by Crippen LogP contribution is 2.11. The van der Waals surface area contributed by atoms with Crippen LogP contribution in [-0.4, -0.2) is 13.9 Å². The van der Waals surface area contributed by atoms with Crippen LogP contribution in [0.2, 0.25) is 13.1 Å². The Morgan fingerprint density at radius 2 is 1.92 bits per heavy atom. The molecule has 0 saturated carbocycles. The van der Waals surface area contributed by atoms with Crippen molar-refractivity contribution in [3.05, 3.63) is 29.8 Å². The quantitative estimate of drug-likeness (QED) is 0.487. The molecule has 0 unspecified atom stereocenters. The standard InChI is InChI=1S/C10H15BO/c1-9-3-5-10(6-4-9)12-8-7-11-2/h3-6,11H,7-8H2,1-2H3. The van der Waals surface area contributed by atoms with E-state index in [0.29, 0.717) is 0 Å². The Hall–Kier alpha value is -0.915. The lowest BCUT2D eigenvalue weighted by atomic mass is 9.79. The molecule has 1 rings (SSSR count). The zero-order valence-electron chi connectivity index (χ0n) is 7.84. The molecule has 2 heteroatoms. The van der Waals surface area contributed by atoms with E-state index in [1.165, 1.54) is 12.8 Å². The van der Waals surface area contributed by atoms with Crippen LogP contribution in [0.3, 0.4) is 0 Å². The predicted molar refractivity (Wildman–Crippen MR) is 54.5 cm³/mol. The Bertz CT molecular complexity index is 218. The summed E-state index contributed by atoms with van der Waals surface area (Å²) in [5, 5.41) is 0. The molecule has 0 saturated heterocycles. The normalized spacial score (nSPS) is 9.50. The molecular weight excluding hydrogens is 147 g/mol. The summed E-state index contributed by atoms with van der Waals surface area (Å²) in [4.78, 5) is 0. The first-order valence-electron chi connectivity index (χ1n) is 4.52. The lowest BCUT2D eigenvalue weighted by Gasteiger charge is -2.04. The molecule has 0 bridgehead atoms. The average Bonchev–Trinajstić information content (AvgIpc) is 2.09. The van der Waals surface area contributed by atoms with Crippen molar-refractivity contribution in [3.63, 3.8) is 0 Å². The Morgan fingerprint density at radius 1 is 1.25 bits per heavy atom. The Labute approximate surface area is 75.0 Å². The first-order chi connectivity index (χ1) is 5.83. The van der Waals surface area contributed by atoms with Gasteiger partial charge in [0.05, 0.1) is 6.61 Å². The van der Waals surface area contributed by atoms with Crippen LogP contribution in [0.25, 0.3) is 0 Å². The maximum absolute atomic E-state index is 5.50. The average molecular weight is 162 g/mol. The fourth-order valence-corrected chi connectivity index (χ4v) is 0.969. The second-order valence-corrected chi connectivity index (χ2v) is 3.02. The van der Waals surface area contributed by atoms with Crippen LogP contribution in [0, 0.1) is 6.92 Å². The van der Waals surface area contributed by atoms with Crippen LogP contribution in [-0.2, 0) is 0 Å². The molecule has 1 aromatic carbocycles. The Kier molecular flexibility index (Phi) is 3.72. The summed E-state index contributed by atoms with van der Waals surface area (Å²) < 4.78 is 5.50. The van der Waals surface area contributed by atoms with Gasteiger partial charge in [-0.3, -0.25) is 0 Å². The maximum atomic E-state index is 5.50. The largest absolute Gasteiger partial charge is 0.494 e. The lowest BCUT2D eigenvalue weighted by Crippen LogP contribution is -1.98. The minimum Gasteiger partial charge on any atom is -0.494 e. The maximum Gasteiger partial charge on any atom is 0.121 e. The van der Waals surface area contributed by atoms with Gasteiger partial charge >= 0.3 is 0 Å². The molecule has 0 N–H and O–H groups in total. The minimum absolute atomic E-state index is 0.833. The van der Waals surface area contributed by atoms with Crippen molar-refractivity contribution in [1.82, 2.24) is 0 Å². The van der Waals surface area contributed by atoms with Crippen molar-refractivity contribution in [3.8, 4) is 5.75 Å². The second kappa shape index (κ2) is 4.86. The van der Waals surface area contributed by atoms with Gasteiger partial charge in [0.2, 0.25) is 0 Å². The molecule has 0 atom stereocenters. The van der Waals surface area contributed by atoms with Gasteiger partial charge < -0.3 is 4.74 Å². The number of rotatable bonds is 4. The second-order valence-electron chi connectivity index (χ2n) is 3.02. The lowest BCUT2D eigenvalue weighted by molar-refractivity contribution is 0.340. The zero-order valence-corrected chi connectivity index (χ0v) is 7.84. The van der Waals surface area contributed by atoms with E-state index in [1.807, 2.05) is 12.1 Å².